The molecule has 0 bridgehead atoms. The van der Waals surface area contributed by atoms with Gasteiger partial charge in [-0.25, -0.2) is 8.42 Å². The number of aryl methyl sites for hydroxylation is 2. The third-order valence-electron chi connectivity index (χ3n) is 4.02. The van der Waals surface area contributed by atoms with E-state index in [4.69, 9.17) is 0 Å². The van der Waals surface area contributed by atoms with E-state index >= 15 is 0 Å². The van der Waals surface area contributed by atoms with E-state index in [-0.39, 0.29) is 5.91 Å². The maximum atomic E-state index is 12.6. The Balaban J connectivity index is 2.37. The molecule has 2 aromatic rings. The summed E-state index contributed by atoms with van der Waals surface area (Å²) in [6.07, 6.45) is 1.13. The van der Waals surface area contributed by atoms with Crippen LogP contribution in [0.25, 0.3) is 0 Å². The highest BCUT2D eigenvalue weighted by Gasteiger charge is 2.18. The molecule has 0 saturated carbocycles. The average Bonchev–Trinajstić information content (AvgIpc) is 2.48. The van der Waals surface area contributed by atoms with Crippen molar-refractivity contribution in [1.82, 2.24) is 0 Å². The van der Waals surface area contributed by atoms with Crippen LogP contribution in [0.15, 0.2) is 36.4 Å². The second-order valence-electron chi connectivity index (χ2n) is 5.95. The predicted octanol–water partition coefficient (Wildman–Crippen LogP) is 3.26. The van der Waals surface area contributed by atoms with Crippen molar-refractivity contribution in [2.24, 2.45) is 0 Å². The van der Waals surface area contributed by atoms with Crippen LogP contribution in [0.3, 0.4) is 0 Å². The molecule has 0 radical (unpaired) electrons. The van der Waals surface area contributed by atoms with Gasteiger partial charge in [0.2, 0.25) is 10.0 Å². The number of carbonyl (C=O) groups is 1. The van der Waals surface area contributed by atoms with Crippen LogP contribution >= 0.6 is 0 Å². The number of anilines is 2. The van der Waals surface area contributed by atoms with E-state index in [9.17, 15) is 13.2 Å². The van der Waals surface area contributed by atoms with E-state index < -0.39 is 10.0 Å². The summed E-state index contributed by atoms with van der Waals surface area (Å²) < 4.78 is 24.7. The zero-order chi connectivity index (χ0) is 18.1. The minimum atomic E-state index is -3.39. The minimum absolute atomic E-state index is 0.261. The van der Waals surface area contributed by atoms with Crippen LogP contribution in [0.5, 0.6) is 0 Å². The number of nitrogens with one attached hydrogen (secondary N) is 1. The van der Waals surface area contributed by atoms with Crippen molar-refractivity contribution in [3.63, 3.8) is 0 Å². The van der Waals surface area contributed by atoms with Gasteiger partial charge in [0.1, 0.15) is 0 Å². The van der Waals surface area contributed by atoms with Crippen molar-refractivity contribution in [3.05, 3.63) is 58.7 Å². The Morgan fingerprint density at radius 3 is 2.33 bits per heavy atom. The maximum Gasteiger partial charge on any atom is 0.256 e. The topological polar surface area (TPSA) is 66.5 Å². The Morgan fingerprint density at radius 2 is 1.75 bits per heavy atom. The van der Waals surface area contributed by atoms with Gasteiger partial charge in [0, 0.05) is 18.3 Å². The number of hydrogen-bond acceptors (Lipinski definition) is 3. The minimum Gasteiger partial charge on any atom is -0.322 e. The molecule has 0 unspecified atom stereocenters. The van der Waals surface area contributed by atoms with Crippen LogP contribution in [-0.2, 0) is 10.0 Å². The summed E-state index contributed by atoms with van der Waals surface area (Å²) in [6, 6.07) is 10.9. The lowest BCUT2D eigenvalue weighted by atomic mass is 10.1. The molecule has 0 atom stereocenters. The number of sulfonamides is 1. The molecule has 0 spiro atoms. The van der Waals surface area contributed by atoms with E-state index in [1.807, 2.05) is 32.0 Å². The molecule has 1 N–H and O–H groups in total. The van der Waals surface area contributed by atoms with Crippen molar-refractivity contribution in [3.8, 4) is 0 Å². The largest absolute Gasteiger partial charge is 0.322 e. The summed E-state index contributed by atoms with van der Waals surface area (Å²) in [4.78, 5) is 12.6. The average molecular weight is 346 g/mol. The molecule has 2 aromatic carbocycles. The first-order valence-corrected chi connectivity index (χ1v) is 9.38. The standard InChI is InChI=1S/C18H22N2O3S/c1-12-9-10-16(13(2)11-12)19-18(21)15-7-6-8-17(14(15)3)20(4)24(5,22)23/h6-11H,1-5H3,(H,19,21). The zero-order valence-electron chi connectivity index (χ0n) is 14.5. The molecule has 0 aliphatic heterocycles. The lowest BCUT2D eigenvalue weighted by Gasteiger charge is -2.20. The third kappa shape index (κ3) is 3.76. The van der Waals surface area contributed by atoms with Crippen LogP contribution in [0.1, 0.15) is 27.0 Å². The summed E-state index contributed by atoms with van der Waals surface area (Å²) >= 11 is 0. The van der Waals surface area contributed by atoms with Gasteiger partial charge >= 0.3 is 0 Å². The highest BCUT2D eigenvalue weighted by atomic mass is 32.2. The second kappa shape index (κ2) is 6.65. The lowest BCUT2D eigenvalue weighted by Crippen LogP contribution is -2.26. The smallest absolute Gasteiger partial charge is 0.256 e. The zero-order valence-corrected chi connectivity index (χ0v) is 15.4. The third-order valence-corrected chi connectivity index (χ3v) is 5.21. The first-order valence-electron chi connectivity index (χ1n) is 7.53. The second-order valence-corrected chi connectivity index (χ2v) is 7.97. The molecule has 5 nitrogen and oxygen atoms in total. The SMILES string of the molecule is Cc1ccc(NC(=O)c2cccc(N(C)S(C)(=O)=O)c2C)c(C)c1. The molecule has 0 saturated heterocycles. The summed E-state index contributed by atoms with van der Waals surface area (Å²) in [5, 5.41) is 2.89. The van der Waals surface area contributed by atoms with E-state index in [0.29, 0.717) is 16.8 Å². The fourth-order valence-corrected chi connectivity index (χ4v) is 3.09. The van der Waals surface area contributed by atoms with Gasteiger partial charge < -0.3 is 5.32 Å². The Hall–Kier alpha value is -2.34. The van der Waals surface area contributed by atoms with E-state index in [0.717, 1.165) is 23.1 Å². The van der Waals surface area contributed by atoms with Gasteiger partial charge in [0.15, 0.2) is 0 Å². The summed E-state index contributed by atoms with van der Waals surface area (Å²) in [7, 11) is -1.91. The number of amides is 1. The molecule has 0 heterocycles. The first-order chi connectivity index (χ1) is 11.1. The van der Waals surface area contributed by atoms with E-state index in [1.54, 1.807) is 25.1 Å². The highest BCUT2D eigenvalue weighted by molar-refractivity contribution is 7.92. The van der Waals surface area contributed by atoms with Crippen LogP contribution in [0.2, 0.25) is 0 Å². The van der Waals surface area contributed by atoms with Crippen LogP contribution in [0.4, 0.5) is 11.4 Å². The number of benzene rings is 2. The monoisotopic (exact) mass is 346 g/mol. The molecule has 0 aliphatic carbocycles. The van der Waals surface area contributed by atoms with Crippen molar-refractivity contribution < 1.29 is 13.2 Å². The Kier molecular flexibility index (Phi) is 4.99. The maximum absolute atomic E-state index is 12.6. The van der Waals surface area contributed by atoms with Crippen LogP contribution < -0.4 is 9.62 Å². The predicted molar refractivity (Wildman–Crippen MR) is 98.3 cm³/mol. The van der Waals surface area contributed by atoms with Crippen molar-refractivity contribution in [2.75, 3.05) is 22.9 Å². The molecule has 0 aromatic heterocycles. The first kappa shape index (κ1) is 18.0. The van der Waals surface area contributed by atoms with Crippen LogP contribution in [-0.4, -0.2) is 27.6 Å². The highest BCUT2D eigenvalue weighted by Crippen LogP contribution is 2.25. The number of rotatable bonds is 4. The van der Waals surface area contributed by atoms with Gasteiger partial charge in [-0.3, -0.25) is 9.10 Å². The normalized spacial score (nSPS) is 11.2. The van der Waals surface area contributed by atoms with Gasteiger partial charge in [-0.2, -0.15) is 0 Å². The molecular formula is C18H22N2O3S. The van der Waals surface area contributed by atoms with Gasteiger partial charge in [-0.05, 0) is 50.1 Å². The molecule has 2 rings (SSSR count). The van der Waals surface area contributed by atoms with Gasteiger partial charge in [0.05, 0.1) is 11.9 Å². The van der Waals surface area contributed by atoms with Crippen LogP contribution in [0, 0.1) is 20.8 Å². The molecule has 0 aliphatic rings. The summed E-state index contributed by atoms with van der Waals surface area (Å²) in [6.45, 7) is 5.67. The fourth-order valence-electron chi connectivity index (χ4n) is 2.53. The molecule has 1 amide bonds. The van der Waals surface area contributed by atoms with E-state index in [2.05, 4.69) is 5.32 Å². The lowest BCUT2D eigenvalue weighted by molar-refractivity contribution is 0.102. The molecular weight excluding hydrogens is 324 g/mol. The summed E-state index contributed by atoms with van der Waals surface area (Å²) in [5.41, 5.74) is 4.40. The van der Waals surface area contributed by atoms with Gasteiger partial charge in [0.25, 0.3) is 5.91 Å². The molecule has 6 heteroatoms. The number of carbonyl (C=O) groups excluding carboxylic acids is 1. The van der Waals surface area contributed by atoms with Crippen molar-refractivity contribution in [2.45, 2.75) is 20.8 Å². The van der Waals surface area contributed by atoms with Gasteiger partial charge in [-0.15, -0.1) is 0 Å². The number of hydrogen-bond donors (Lipinski definition) is 1. The number of nitrogens with zero attached hydrogens (tertiary/aromatic N) is 1. The van der Waals surface area contributed by atoms with Crippen molar-refractivity contribution >= 4 is 27.3 Å². The Bertz CT molecular complexity index is 889. The van der Waals surface area contributed by atoms with E-state index in [1.165, 1.54) is 11.4 Å². The van der Waals surface area contributed by atoms with Gasteiger partial charge in [-0.1, -0.05) is 23.8 Å². The molecule has 128 valence electrons. The molecule has 0 fully saturated rings. The molecule has 24 heavy (non-hydrogen) atoms. The van der Waals surface area contributed by atoms with Crippen molar-refractivity contribution in [1.29, 1.82) is 0 Å². The fraction of sp³-hybridized carbons (Fsp3) is 0.278. The Labute approximate surface area is 143 Å². The summed E-state index contributed by atoms with van der Waals surface area (Å²) in [5.74, 6) is -0.261. The quantitative estimate of drug-likeness (QED) is 0.924. The Morgan fingerprint density at radius 1 is 1.08 bits per heavy atom.